The van der Waals surface area contributed by atoms with Gasteiger partial charge in [0.05, 0.1) is 10.9 Å². The second-order valence-corrected chi connectivity index (χ2v) is 8.33. The lowest BCUT2D eigenvalue weighted by molar-refractivity contribution is 0.0940. The predicted molar refractivity (Wildman–Crippen MR) is 96.0 cm³/mol. The number of hydrogen-bond acceptors (Lipinski definition) is 3. The number of carbonyl (C=O) groups excluding carboxylic acids is 1. The molecular weight excluding hydrogens is 322 g/mol. The van der Waals surface area contributed by atoms with Gasteiger partial charge < -0.3 is 5.32 Å². The summed E-state index contributed by atoms with van der Waals surface area (Å²) >= 11 is 0. The maximum Gasteiger partial charge on any atom is 0.251 e. The molecule has 1 unspecified atom stereocenters. The zero-order valence-electron chi connectivity index (χ0n) is 14.4. The molecule has 0 heterocycles. The Kier molecular flexibility index (Phi) is 5.44. The molecule has 0 radical (unpaired) electrons. The molecule has 4 nitrogen and oxygen atoms in total. The molecule has 0 aliphatic carbocycles. The molecule has 1 amide bonds. The van der Waals surface area contributed by atoms with Gasteiger partial charge in [0.15, 0.2) is 9.84 Å². The van der Waals surface area contributed by atoms with Gasteiger partial charge in [-0.15, -0.1) is 0 Å². The Morgan fingerprint density at radius 3 is 1.83 bits per heavy atom. The van der Waals surface area contributed by atoms with E-state index in [0.29, 0.717) is 11.5 Å². The van der Waals surface area contributed by atoms with E-state index in [0.717, 1.165) is 5.56 Å². The monoisotopic (exact) mass is 345 g/mol. The van der Waals surface area contributed by atoms with Crippen molar-refractivity contribution in [3.8, 4) is 0 Å². The third-order valence-electron chi connectivity index (χ3n) is 4.00. The van der Waals surface area contributed by atoms with E-state index in [1.165, 1.54) is 11.8 Å². The number of carbonyl (C=O) groups is 1. The van der Waals surface area contributed by atoms with E-state index in [-0.39, 0.29) is 16.8 Å². The summed E-state index contributed by atoms with van der Waals surface area (Å²) in [6, 6.07) is 13.9. The van der Waals surface area contributed by atoms with E-state index in [1.807, 2.05) is 31.2 Å². The lowest BCUT2D eigenvalue weighted by Gasteiger charge is -2.15. The van der Waals surface area contributed by atoms with Gasteiger partial charge in [-0.05, 0) is 48.2 Å². The van der Waals surface area contributed by atoms with Crippen LogP contribution in [0.25, 0.3) is 0 Å². The summed E-state index contributed by atoms with van der Waals surface area (Å²) in [5.41, 5.74) is 2.66. The summed E-state index contributed by atoms with van der Waals surface area (Å²) in [5, 5.41) is 2.93. The highest BCUT2D eigenvalue weighted by Crippen LogP contribution is 2.18. The molecule has 1 N–H and O–H groups in total. The minimum Gasteiger partial charge on any atom is -0.346 e. The van der Waals surface area contributed by atoms with Crippen LogP contribution in [0.1, 0.15) is 54.2 Å². The lowest BCUT2D eigenvalue weighted by Crippen LogP contribution is -2.26. The van der Waals surface area contributed by atoms with Gasteiger partial charge in [0, 0.05) is 11.8 Å². The van der Waals surface area contributed by atoms with Crippen LogP contribution in [-0.4, -0.2) is 20.6 Å². The molecule has 2 aromatic carbocycles. The summed E-state index contributed by atoms with van der Waals surface area (Å²) < 4.78 is 23.0. The Morgan fingerprint density at radius 1 is 0.875 bits per heavy atom. The van der Waals surface area contributed by atoms with Crippen LogP contribution in [-0.2, 0) is 9.84 Å². The Morgan fingerprint density at radius 2 is 1.38 bits per heavy atom. The molecule has 0 saturated carbocycles. The highest BCUT2D eigenvalue weighted by molar-refractivity contribution is 7.90. The molecule has 0 fully saturated rings. The average Bonchev–Trinajstić information content (AvgIpc) is 2.54. The molecule has 24 heavy (non-hydrogen) atoms. The van der Waals surface area contributed by atoms with Crippen LogP contribution >= 0.6 is 0 Å². The summed E-state index contributed by atoms with van der Waals surface area (Å²) in [7, 11) is -3.21. The standard InChI is InChI=1S/C19H23NO3S/c1-13(2)15-5-7-17(8-6-15)19(21)20-14(3)16-9-11-18(12-10-16)24(4,22)23/h5-14H,1-4H3,(H,20,21). The van der Waals surface area contributed by atoms with Crippen molar-refractivity contribution in [2.75, 3.05) is 6.26 Å². The zero-order chi connectivity index (χ0) is 17.9. The quantitative estimate of drug-likeness (QED) is 0.898. The summed E-state index contributed by atoms with van der Waals surface area (Å²) in [6.07, 6.45) is 1.17. The fourth-order valence-corrected chi connectivity index (χ4v) is 3.02. The van der Waals surface area contributed by atoms with Crippen molar-refractivity contribution < 1.29 is 13.2 Å². The fourth-order valence-electron chi connectivity index (χ4n) is 2.39. The Bertz CT molecular complexity index is 807. The van der Waals surface area contributed by atoms with E-state index in [4.69, 9.17) is 0 Å². The molecule has 2 aromatic rings. The Hall–Kier alpha value is -2.14. The van der Waals surface area contributed by atoms with Crippen molar-refractivity contribution in [3.05, 3.63) is 65.2 Å². The first-order valence-corrected chi connectivity index (χ1v) is 9.78. The summed E-state index contributed by atoms with van der Waals surface area (Å²) in [6.45, 7) is 6.09. The Labute approximate surface area is 143 Å². The minimum atomic E-state index is -3.21. The van der Waals surface area contributed by atoms with Crippen molar-refractivity contribution in [1.82, 2.24) is 5.32 Å². The van der Waals surface area contributed by atoms with Gasteiger partial charge in [0.1, 0.15) is 0 Å². The first kappa shape index (κ1) is 18.2. The fraction of sp³-hybridized carbons (Fsp3) is 0.316. The molecule has 0 aromatic heterocycles. The number of sulfone groups is 1. The number of amides is 1. The van der Waals surface area contributed by atoms with Crippen LogP contribution in [0.5, 0.6) is 0 Å². The van der Waals surface area contributed by atoms with E-state index in [1.54, 1.807) is 24.3 Å². The SMILES string of the molecule is CC(C)c1ccc(C(=O)NC(C)c2ccc(S(C)(=O)=O)cc2)cc1. The first-order chi connectivity index (χ1) is 11.2. The van der Waals surface area contributed by atoms with Gasteiger partial charge >= 0.3 is 0 Å². The zero-order valence-corrected chi connectivity index (χ0v) is 15.2. The summed E-state index contributed by atoms with van der Waals surface area (Å²) in [4.78, 5) is 12.6. The van der Waals surface area contributed by atoms with Crippen LogP contribution in [0.3, 0.4) is 0 Å². The number of rotatable bonds is 5. The van der Waals surface area contributed by atoms with Gasteiger partial charge in [-0.3, -0.25) is 4.79 Å². The van der Waals surface area contributed by atoms with Crippen LogP contribution in [0.15, 0.2) is 53.4 Å². The molecule has 2 rings (SSSR count). The largest absolute Gasteiger partial charge is 0.346 e. The Balaban J connectivity index is 2.08. The average molecular weight is 345 g/mol. The van der Waals surface area contributed by atoms with E-state index in [9.17, 15) is 13.2 Å². The van der Waals surface area contributed by atoms with Crippen molar-refractivity contribution in [3.63, 3.8) is 0 Å². The molecule has 0 aliphatic rings. The number of hydrogen-bond donors (Lipinski definition) is 1. The van der Waals surface area contributed by atoms with Crippen LogP contribution in [0, 0.1) is 0 Å². The normalized spacial score (nSPS) is 12.9. The minimum absolute atomic E-state index is 0.148. The molecular formula is C19H23NO3S. The van der Waals surface area contributed by atoms with Gasteiger partial charge in [-0.1, -0.05) is 38.1 Å². The van der Waals surface area contributed by atoms with Gasteiger partial charge in [0.2, 0.25) is 0 Å². The molecule has 0 aliphatic heterocycles. The van der Waals surface area contributed by atoms with Crippen molar-refractivity contribution in [2.45, 2.75) is 37.6 Å². The van der Waals surface area contributed by atoms with Gasteiger partial charge in [0.25, 0.3) is 5.91 Å². The second kappa shape index (κ2) is 7.18. The lowest BCUT2D eigenvalue weighted by atomic mass is 10.0. The van der Waals surface area contributed by atoms with Crippen molar-refractivity contribution in [1.29, 1.82) is 0 Å². The maximum absolute atomic E-state index is 12.3. The van der Waals surface area contributed by atoms with Crippen LogP contribution in [0.2, 0.25) is 0 Å². The van der Waals surface area contributed by atoms with E-state index < -0.39 is 9.84 Å². The topological polar surface area (TPSA) is 63.2 Å². The van der Waals surface area contributed by atoms with Gasteiger partial charge in [-0.2, -0.15) is 0 Å². The molecule has 0 bridgehead atoms. The maximum atomic E-state index is 12.3. The van der Waals surface area contributed by atoms with E-state index >= 15 is 0 Å². The highest BCUT2D eigenvalue weighted by Gasteiger charge is 2.13. The van der Waals surface area contributed by atoms with Crippen LogP contribution < -0.4 is 5.32 Å². The first-order valence-electron chi connectivity index (χ1n) is 7.89. The third-order valence-corrected chi connectivity index (χ3v) is 5.12. The van der Waals surface area contributed by atoms with Crippen molar-refractivity contribution in [2.24, 2.45) is 0 Å². The van der Waals surface area contributed by atoms with Crippen molar-refractivity contribution >= 4 is 15.7 Å². The molecule has 128 valence electrons. The highest BCUT2D eigenvalue weighted by atomic mass is 32.2. The van der Waals surface area contributed by atoms with Gasteiger partial charge in [-0.25, -0.2) is 8.42 Å². The summed E-state index contributed by atoms with van der Waals surface area (Å²) in [5.74, 6) is 0.277. The van der Waals surface area contributed by atoms with E-state index in [2.05, 4.69) is 19.2 Å². The predicted octanol–water partition coefficient (Wildman–Crippen LogP) is 3.70. The smallest absolute Gasteiger partial charge is 0.251 e. The second-order valence-electron chi connectivity index (χ2n) is 6.31. The third kappa shape index (κ3) is 4.45. The molecule has 0 spiro atoms. The molecule has 0 saturated heterocycles. The molecule has 1 atom stereocenters. The number of benzene rings is 2. The molecule has 5 heteroatoms. The number of nitrogens with one attached hydrogen (secondary N) is 1. The van der Waals surface area contributed by atoms with Crippen LogP contribution in [0.4, 0.5) is 0 Å².